The second-order valence-corrected chi connectivity index (χ2v) is 11.5. The zero-order valence-corrected chi connectivity index (χ0v) is 20.7. The summed E-state index contributed by atoms with van der Waals surface area (Å²) >= 11 is 14.8. The number of anilines is 2. The lowest BCUT2D eigenvalue weighted by atomic mass is 10.1. The average Bonchev–Trinajstić information content (AvgIpc) is 3.16. The smallest absolute Gasteiger partial charge is 0.257 e. The fraction of sp³-hybridized carbons (Fsp3) is 0.150. The Hall–Kier alpha value is -2.11. The zero-order chi connectivity index (χ0) is 23.3. The van der Waals surface area contributed by atoms with E-state index in [9.17, 15) is 13.2 Å². The van der Waals surface area contributed by atoms with E-state index in [-0.39, 0.29) is 12.5 Å². The third kappa shape index (κ3) is 6.69. The highest BCUT2D eigenvalue weighted by Crippen LogP contribution is 2.29. The van der Waals surface area contributed by atoms with Gasteiger partial charge in [-0.1, -0.05) is 64.5 Å². The maximum absolute atomic E-state index is 12.5. The number of sulfonamides is 1. The van der Waals surface area contributed by atoms with Gasteiger partial charge in [0, 0.05) is 21.4 Å². The molecule has 1 N–H and O–H groups in total. The molecule has 32 heavy (non-hydrogen) atoms. The van der Waals surface area contributed by atoms with E-state index in [4.69, 9.17) is 23.2 Å². The molecule has 168 valence electrons. The van der Waals surface area contributed by atoms with Crippen molar-refractivity contribution in [2.45, 2.75) is 10.9 Å². The second-order valence-electron chi connectivity index (χ2n) is 6.52. The molecule has 3 aromatic rings. The molecule has 0 atom stereocenters. The number of nitrogens with zero attached hydrogens (tertiary/aromatic N) is 3. The quantitative estimate of drug-likeness (QED) is 0.229. The van der Waals surface area contributed by atoms with E-state index < -0.39 is 10.0 Å². The van der Waals surface area contributed by atoms with Gasteiger partial charge >= 0.3 is 0 Å². The van der Waals surface area contributed by atoms with Crippen molar-refractivity contribution < 1.29 is 13.2 Å². The third-order valence-corrected chi connectivity index (χ3v) is 7.57. The SMILES string of the molecule is C=CCSc1nnc(NC(=O)c2ccc(CN(c3cc(Cl)cc(Cl)c3)S(C)(=O)=O)cc2)s1. The van der Waals surface area contributed by atoms with Crippen molar-refractivity contribution in [1.82, 2.24) is 10.2 Å². The normalized spacial score (nSPS) is 11.2. The number of aromatic nitrogens is 2. The summed E-state index contributed by atoms with van der Waals surface area (Å²) in [7, 11) is -3.61. The number of carbonyl (C=O) groups excluding carboxylic acids is 1. The van der Waals surface area contributed by atoms with Gasteiger partial charge in [0.05, 0.1) is 18.5 Å². The van der Waals surface area contributed by atoms with Crippen LogP contribution in [0, 0.1) is 0 Å². The van der Waals surface area contributed by atoms with Gasteiger partial charge in [0.25, 0.3) is 5.91 Å². The number of hydrogen-bond acceptors (Lipinski definition) is 7. The predicted molar refractivity (Wildman–Crippen MR) is 133 cm³/mol. The molecule has 0 aliphatic carbocycles. The van der Waals surface area contributed by atoms with Crippen molar-refractivity contribution in [2.24, 2.45) is 0 Å². The molecule has 0 aliphatic rings. The third-order valence-electron chi connectivity index (χ3n) is 4.03. The molecule has 0 unspecified atom stereocenters. The van der Waals surface area contributed by atoms with Crippen LogP contribution in [0.3, 0.4) is 0 Å². The number of rotatable bonds is 9. The topological polar surface area (TPSA) is 92.3 Å². The minimum atomic E-state index is -3.61. The van der Waals surface area contributed by atoms with E-state index >= 15 is 0 Å². The maximum atomic E-state index is 12.5. The monoisotopic (exact) mass is 528 g/mol. The van der Waals surface area contributed by atoms with Crippen LogP contribution in [0.25, 0.3) is 0 Å². The van der Waals surface area contributed by atoms with Crippen LogP contribution in [0.1, 0.15) is 15.9 Å². The molecule has 0 spiro atoms. The fourth-order valence-corrected chi connectivity index (χ4v) is 5.52. The highest BCUT2D eigenvalue weighted by molar-refractivity contribution is 8.01. The standard InChI is InChI=1S/C20H18Cl2N4O3S3/c1-3-8-30-20-25-24-19(31-20)23-18(27)14-6-4-13(5-7-14)12-26(32(2,28)29)17-10-15(21)9-16(22)11-17/h3-7,9-11H,1,8,12H2,2H3,(H,23,24,27). The molecule has 1 heterocycles. The summed E-state index contributed by atoms with van der Waals surface area (Å²) in [6.07, 6.45) is 2.87. The Morgan fingerprint density at radius 1 is 1.19 bits per heavy atom. The molecule has 0 saturated heterocycles. The van der Waals surface area contributed by atoms with Gasteiger partial charge in [0.2, 0.25) is 15.2 Å². The molecule has 1 aromatic heterocycles. The largest absolute Gasteiger partial charge is 0.296 e. The summed E-state index contributed by atoms with van der Waals surface area (Å²) < 4.78 is 26.7. The summed E-state index contributed by atoms with van der Waals surface area (Å²) in [5, 5.41) is 11.7. The average molecular weight is 529 g/mol. The minimum Gasteiger partial charge on any atom is -0.296 e. The van der Waals surface area contributed by atoms with Crippen LogP contribution in [0.2, 0.25) is 10.0 Å². The van der Waals surface area contributed by atoms with Crippen molar-refractivity contribution in [3.63, 3.8) is 0 Å². The number of nitrogens with one attached hydrogen (secondary N) is 1. The molecule has 3 rings (SSSR count). The summed E-state index contributed by atoms with van der Waals surface area (Å²) in [6.45, 7) is 3.70. The molecule has 2 aromatic carbocycles. The molecule has 0 aliphatic heterocycles. The van der Waals surface area contributed by atoms with E-state index in [0.29, 0.717) is 37.7 Å². The van der Waals surface area contributed by atoms with Crippen LogP contribution in [0.5, 0.6) is 0 Å². The predicted octanol–water partition coefficient (Wildman–Crippen LogP) is 5.34. The van der Waals surface area contributed by atoms with Crippen LogP contribution in [0.4, 0.5) is 10.8 Å². The summed E-state index contributed by atoms with van der Waals surface area (Å²) in [5.74, 6) is 0.366. The van der Waals surface area contributed by atoms with Crippen molar-refractivity contribution in [3.05, 3.63) is 76.3 Å². The van der Waals surface area contributed by atoms with Gasteiger partial charge in [0.15, 0.2) is 4.34 Å². The molecular formula is C20H18Cl2N4O3S3. The van der Waals surface area contributed by atoms with E-state index in [0.717, 1.165) is 10.6 Å². The Morgan fingerprint density at radius 3 is 2.44 bits per heavy atom. The fourth-order valence-electron chi connectivity index (χ4n) is 2.63. The maximum Gasteiger partial charge on any atom is 0.257 e. The van der Waals surface area contributed by atoms with Gasteiger partial charge < -0.3 is 0 Å². The van der Waals surface area contributed by atoms with Gasteiger partial charge in [-0.25, -0.2) is 8.42 Å². The van der Waals surface area contributed by atoms with Gasteiger partial charge in [-0.2, -0.15) is 0 Å². The Kier molecular flexibility index (Phi) is 8.18. The lowest BCUT2D eigenvalue weighted by Gasteiger charge is -2.23. The van der Waals surface area contributed by atoms with Gasteiger partial charge in [-0.05, 0) is 35.9 Å². The molecule has 0 fully saturated rings. The molecule has 12 heteroatoms. The molecule has 0 bridgehead atoms. The number of halogens is 2. The molecule has 7 nitrogen and oxygen atoms in total. The van der Waals surface area contributed by atoms with Gasteiger partial charge in [-0.3, -0.25) is 14.4 Å². The van der Waals surface area contributed by atoms with Gasteiger partial charge in [0.1, 0.15) is 0 Å². The molecule has 1 amide bonds. The first-order valence-electron chi connectivity index (χ1n) is 9.07. The minimum absolute atomic E-state index is 0.0533. The van der Waals surface area contributed by atoms with E-state index in [1.54, 1.807) is 30.3 Å². The molecule has 0 radical (unpaired) electrons. The van der Waals surface area contributed by atoms with Crippen molar-refractivity contribution in [1.29, 1.82) is 0 Å². The van der Waals surface area contributed by atoms with Crippen LogP contribution < -0.4 is 9.62 Å². The zero-order valence-electron chi connectivity index (χ0n) is 16.8. The lowest BCUT2D eigenvalue weighted by Crippen LogP contribution is -2.29. The van der Waals surface area contributed by atoms with E-state index in [1.807, 2.05) is 0 Å². The summed E-state index contributed by atoms with van der Waals surface area (Å²) in [6, 6.07) is 11.2. The van der Waals surface area contributed by atoms with Gasteiger partial charge in [-0.15, -0.1) is 16.8 Å². The van der Waals surface area contributed by atoms with E-state index in [2.05, 4.69) is 22.1 Å². The Morgan fingerprint density at radius 2 is 1.84 bits per heavy atom. The first-order valence-corrected chi connectivity index (χ1v) is 13.5. The highest BCUT2D eigenvalue weighted by Gasteiger charge is 2.19. The van der Waals surface area contributed by atoms with E-state index in [1.165, 1.54) is 45.6 Å². The summed E-state index contributed by atoms with van der Waals surface area (Å²) in [5.41, 5.74) is 1.44. The number of thioether (sulfide) groups is 1. The Bertz CT molecular complexity index is 1210. The van der Waals surface area contributed by atoms with Crippen molar-refractivity contribution in [2.75, 3.05) is 21.6 Å². The van der Waals surface area contributed by atoms with Crippen molar-refractivity contribution >= 4 is 73.0 Å². The first kappa shape index (κ1) is 24.5. The Labute approximate surface area is 204 Å². The Balaban J connectivity index is 1.72. The second kappa shape index (κ2) is 10.7. The number of carbonyl (C=O) groups is 1. The molecular weight excluding hydrogens is 511 g/mol. The lowest BCUT2D eigenvalue weighted by molar-refractivity contribution is 0.102. The summed E-state index contributed by atoms with van der Waals surface area (Å²) in [4.78, 5) is 12.5. The molecule has 0 saturated carbocycles. The van der Waals surface area contributed by atoms with Crippen LogP contribution in [-0.4, -0.2) is 36.5 Å². The number of benzene rings is 2. The van der Waals surface area contributed by atoms with Crippen LogP contribution in [0.15, 0.2) is 59.5 Å². The van der Waals surface area contributed by atoms with Crippen LogP contribution >= 0.6 is 46.3 Å². The first-order chi connectivity index (χ1) is 15.2. The van der Waals surface area contributed by atoms with Crippen molar-refractivity contribution in [3.8, 4) is 0 Å². The highest BCUT2D eigenvalue weighted by atomic mass is 35.5. The number of amides is 1. The number of hydrogen-bond donors (Lipinski definition) is 1. The van der Waals surface area contributed by atoms with Crippen LogP contribution in [-0.2, 0) is 16.6 Å².